The van der Waals surface area contributed by atoms with E-state index in [1.165, 1.54) is 13.0 Å². The second-order valence-corrected chi connectivity index (χ2v) is 3.46. The van der Waals surface area contributed by atoms with Gasteiger partial charge in [0.2, 0.25) is 0 Å². The second kappa shape index (κ2) is 2.86. The van der Waals surface area contributed by atoms with Crippen LogP contribution in [0.1, 0.15) is 27.7 Å². The number of hydrogen-bond acceptors (Lipinski definition) is 2. The van der Waals surface area contributed by atoms with Crippen molar-refractivity contribution < 1.29 is 4.79 Å². The van der Waals surface area contributed by atoms with Crippen LogP contribution < -0.4 is 5.73 Å². The highest BCUT2D eigenvalue weighted by Gasteiger charge is 2.13. The highest BCUT2D eigenvalue weighted by Crippen LogP contribution is 2.19. The van der Waals surface area contributed by atoms with Crippen molar-refractivity contribution in [3.05, 3.63) is 11.8 Å². The number of ketones is 1. The molecule has 0 radical (unpaired) electrons. The Bertz CT molecular complexity index is 163. The Morgan fingerprint density at radius 2 is 1.80 bits per heavy atom. The molecule has 2 nitrogen and oxygen atoms in total. The molecular formula is C8H15NO. The Hall–Kier alpha value is -0.790. The molecule has 0 spiro atoms. The number of hydrogen-bond donors (Lipinski definition) is 1. The predicted octanol–water partition coefficient (Wildman–Crippen LogP) is 1.46. The number of carbonyl (C=O) groups excluding carboxylic acids is 1. The molecule has 0 saturated carbocycles. The summed E-state index contributed by atoms with van der Waals surface area (Å²) < 4.78 is 0. The third-order valence-electron chi connectivity index (χ3n) is 1.22. The zero-order valence-corrected chi connectivity index (χ0v) is 7.06. The molecule has 0 fully saturated rings. The first-order valence-corrected chi connectivity index (χ1v) is 3.32. The van der Waals surface area contributed by atoms with E-state index < -0.39 is 0 Å². The summed E-state index contributed by atoms with van der Waals surface area (Å²) in [5.41, 5.74) is 6.14. The summed E-state index contributed by atoms with van der Waals surface area (Å²) in [4.78, 5) is 10.5. The van der Waals surface area contributed by atoms with Crippen molar-refractivity contribution in [2.24, 2.45) is 11.1 Å². The fourth-order valence-corrected chi connectivity index (χ4v) is 0.435. The molecule has 0 saturated heterocycles. The Morgan fingerprint density at radius 3 is 1.90 bits per heavy atom. The molecule has 0 aromatic carbocycles. The van der Waals surface area contributed by atoms with Crippen LogP contribution in [0.5, 0.6) is 0 Å². The van der Waals surface area contributed by atoms with Crippen molar-refractivity contribution >= 4 is 5.78 Å². The first-order valence-electron chi connectivity index (χ1n) is 3.32. The van der Waals surface area contributed by atoms with Crippen LogP contribution in [0.4, 0.5) is 0 Å². The van der Waals surface area contributed by atoms with Crippen molar-refractivity contribution in [1.82, 2.24) is 0 Å². The van der Waals surface area contributed by atoms with E-state index in [1.54, 1.807) is 0 Å². The molecule has 0 aromatic rings. The lowest BCUT2D eigenvalue weighted by Crippen LogP contribution is -2.17. The zero-order valence-electron chi connectivity index (χ0n) is 7.06. The molecule has 0 aliphatic carbocycles. The molecular weight excluding hydrogens is 126 g/mol. The SMILES string of the molecule is CC(=O)/C=C(\N)C(C)(C)C. The summed E-state index contributed by atoms with van der Waals surface area (Å²) in [5, 5.41) is 0. The van der Waals surface area contributed by atoms with Crippen molar-refractivity contribution in [1.29, 1.82) is 0 Å². The van der Waals surface area contributed by atoms with Crippen LogP contribution in [0.3, 0.4) is 0 Å². The molecule has 0 unspecified atom stereocenters. The van der Waals surface area contributed by atoms with Crippen molar-refractivity contribution in [3.63, 3.8) is 0 Å². The average molecular weight is 141 g/mol. The van der Waals surface area contributed by atoms with Gasteiger partial charge in [-0.05, 0) is 6.92 Å². The minimum absolute atomic E-state index is 0.00688. The quantitative estimate of drug-likeness (QED) is 0.562. The first-order chi connectivity index (χ1) is 4.34. The maximum absolute atomic E-state index is 10.5. The number of nitrogens with two attached hydrogens (primary N) is 1. The van der Waals surface area contributed by atoms with E-state index in [0.717, 1.165) is 0 Å². The third-order valence-corrected chi connectivity index (χ3v) is 1.22. The molecule has 0 aliphatic heterocycles. The molecule has 0 heterocycles. The monoisotopic (exact) mass is 141 g/mol. The highest BCUT2D eigenvalue weighted by atomic mass is 16.1. The number of allylic oxidation sites excluding steroid dienone is 2. The lowest BCUT2D eigenvalue weighted by atomic mass is 9.92. The summed E-state index contributed by atoms with van der Waals surface area (Å²) in [7, 11) is 0. The van der Waals surface area contributed by atoms with Gasteiger partial charge in [-0.15, -0.1) is 0 Å². The average Bonchev–Trinajstić information content (AvgIpc) is 1.60. The van der Waals surface area contributed by atoms with Crippen LogP contribution in [0.25, 0.3) is 0 Å². The molecule has 0 amide bonds. The maximum atomic E-state index is 10.5. The zero-order chi connectivity index (χ0) is 8.36. The van der Waals surface area contributed by atoms with Crippen molar-refractivity contribution in [2.45, 2.75) is 27.7 Å². The van der Waals surface area contributed by atoms with Crippen molar-refractivity contribution in [3.8, 4) is 0 Å². The summed E-state index contributed by atoms with van der Waals surface area (Å²) >= 11 is 0. The number of rotatable bonds is 1. The van der Waals surface area contributed by atoms with E-state index in [2.05, 4.69) is 0 Å². The van der Waals surface area contributed by atoms with Gasteiger partial charge in [-0.2, -0.15) is 0 Å². The first kappa shape index (κ1) is 9.21. The molecule has 0 rings (SSSR count). The summed E-state index contributed by atoms with van der Waals surface area (Å²) in [6, 6.07) is 0. The van der Waals surface area contributed by atoms with E-state index in [0.29, 0.717) is 5.70 Å². The molecule has 10 heavy (non-hydrogen) atoms. The normalized spacial score (nSPS) is 13.4. The van der Waals surface area contributed by atoms with Crippen LogP contribution in [-0.4, -0.2) is 5.78 Å². The van der Waals surface area contributed by atoms with Gasteiger partial charge < -0.3 is 5.73 Å². The smallest absolute Gasteiger partial charge is 0.154 e. The largest absolute Gasteiger partial charge is 0.402 e. The second-order valence-electron chi connectivity index (χ2n) is 3.46. The van der Waals surface area contributed by atoms with E-state index in [9.17, 15) is 4.79 Å². The van der Waals surface area contributed by atoms with Gasteiger partial charge in [-0.3, -0.25) is 4.79 Å². The van der Waals surface area contributed by atoms with Crippen molar-refractivity contribution in [2.75, 3.05) is 0 Å². The molecule has 2 N–H and O–H groups in total. The van der Waals surface area contributed by atoms with Gasteiger partial charge in [0.15, 0.2) is 5.78 Å². The molecule has 0 aliphatic rings. The summed E-state index contributed by atoms with van der Waals surface area (Å²) in [6.07, 6.45) is 1.47. The van der Waals surface area contributed by atoms with E-state index >= 15 is 0 Å². The van der Waals surface area contributed by atoms with Gasteiger partial charge in [-0.1, -0.05) is 20.8 Å². The van der Waals surface area contributed by atoms with Gasteiger partial charge in [0.25, 0.3) is 0 Å². The fraction of sp³-hybridized carbons (Fsp3) is 0.625. The molecule has 58 valence electrons. The third kappa shape index (κ3) is 3.28. The molecule has 0 aromatic heterocycles. The van der Waals surface area contributed by atoms with E-state index in [1.807, 2.05) is 20.8 Å². The van der Waals surface area contributed by atoms with E-state index in [4.69, 9.17) is 5.73 Å². The fourth-order valence-electron chi connectivity index (χ4n) is 0.435. The lowest BCUT2D eigenvalue weighted by Gasteiger charge is -2.18. The minimum Gasteiger partial charge on any atom is -0.402 e. The van der Waals surface area contributed by atoms with Gasteiger partial charge in [-0.25, -0.2) is 0 Å². The topological polar surface area (TPSA) is 43.1 Å². The summed E-state index contributed by atoms with van der Waals surface area (Å²) in [5.74, 6) is 0.00688. The Labute approximate surface area is 62.1 Å². The van der Waals surface area contributed by atoms with Gasteiger partial charge in [0, 0.05) is 17.2 Å². The molecule has 2 heteroatoms. The Kier molecular flexibility index (Phi) is 2.64. The molecule has 0 bridgehead atoms. The Morgan fingerprint density at radius 1 is 1.40 bits per heavy atom. The van der Waals surface area contributed by atoms with Gasteiger partial charge >= 0.3 is 0 Å². The van der Waals surface area contributed by atoms with Crippen LogP contribution in [0, 0.1) is 5.41 Å². The van der Waals surface area contributed by atoms with Gasteiger partial charge in [0.05, 0.1) is 0 Å². The van der Waals surface area contributed by atoms with E-state index in [-0.39, 0.29) is 11.2 Å². The maximum Gasteiger partial charge on any atom is 0.154 e. The minimum atomic E-state index is -0.0916. The standard InChI is InChI=1S/C8H15NO/c1-6(10)5-7(9)8(2,3)4/h5H,9H2,1-4H3/b7-5-. The van der Waals surface area contributed by atoms with Crippen LogP contribution in [0.2, 0.25) is 0 Å². The van der Waals surface area contributed by atoms with Crippen LogP contribution in [-0.2, 0) is 4.79 Å². The van der Waals surface area contributed by atoms with Crippen LogP contribution >= 0.6 is 0 Å². The Balaban J connectivity index is 4.35. The van der Waals surface area contributed by atoms with Crippen LogP contribution in [0.15, 0.2) is 11.8 Å². The molecule has 0 atom stereocenters. The summed E-state index contributed by atoms with van der Waals surface area (Å²) in [6.45, 7) is 7.42. The highest BCUT2D eigenvalue weighted by molar-refractivity contribution is 5.87. The lowest BCUT2D eigenvalue weighted by molar-refractivity contribution is -0.112. The number of carbonyl (C=O) groups is 1. The van der Waals surface area contributed by atoms with Gasteiger partial charge in [0.1, 0.15) is 0 Å². The predicted molar refractivity (Wildman–Crippen MR) is 42.4 cm³/mol.